The minimum atomic E-state index is -0.427. The van der Waals surface area contributed by atoms with Crippen LogP contribution in [0.2, 0.25) is 0 Å². The molecule has 0 fully saturated rings. The smallest absolute Gasteiger partial charge is 0.269 e. The van der Waals surface area contributed by atoms with Crippen molar-refractivity contribution in [2.24, 2.45) is 0 Å². The second kappa shape index (κ2) is 6.10. The van der Waals surface area contributed by atoms with Crippen LogP contribution in [-0.4, -0.2) is 10.7 Å². The van der Waals surface area contributed by atoms with Gasteiger partial charge in [-0.25, -0.2) is 0 Å². The van der Waals surface area contributed by atoms with Crippen LogP contribution in [0.1, 0.15) is 35.2 Å². The molecule has 0 N–H and O–H groups in total. The van der Waals surface area contributed by atoms with Crippen LogP contribution in [-0.2, 0) is 0 Å². The number of benzene rings is 2. The van der Waals surface area contributed by atoms with Crippen molar-refractivity contribution in [2.45, 2.75) is 19.3 Å². The van der Waals surface area contributed by atoms with Crippen LogP contribution in [0.4, 0.5) is 5.69 Å². The first kappa shape index (κ1) is 13.9. The molecule has 0 heterocycles. The summed E-state index contributed by atoms with van der Waals surface area (Å²) in [4.78, 5) is 22.3. The van der Waals surface area contributed by atoms with Crippen molar-refractivity contribution >= 4 is 11.5 Å². The van der Waals surface area contributed by atoms with Crippen LogP contribution in [0.3, 0.4) is 0 Å². The third-order valence-electron chi connectivity index (χ3n) is 3.26. The first-order valence-corrected chi connectivity index (χ1v) is 6.40. The lowest BCUT2D eigenvalue weighted by Crippen LogP contribution is -2.05. The average Bonchev–Trinajstić information content (AvgIpc) is 2.48. The molecule has 0 aliphatic carbocycles. The number of non-ortho nitro benzene ring substituents is 1. The molecule has 0 spiro atoms. The Morgan fingerprint density at radius 1 is 1.10 bits per heavy atom. The highest BCUT2D eigenvalue weighted by Crippen LogP contribution is 2.23. The fraction of sp³-hybridized carbons (Fsp3) is 0.188. The second-order valence-electron chi connectivity index (χ2n) is 4.74. The summed E-state index contributed by atoms with van der Waals surface area (Å²) in [6.45, 7) is 1.95. The minimum absolute atomic E-state index is 0.0310. The van der Waals surface area contributed by atoms with Crippen molar-refractivity contribution in [3.63, 3.8) is 0 Å². The molecular weight excluding hydrogens is 254 g/mol. The molecule has 2 aromatic rings. The Kier molecular flexibility index (Phi) is 4.25. The van der Waals surface area contributed by atoms with Crippen LogP contribution in [0, 0.1) is 10.1 Å². The monoisotopic (exact) mass is 269 g/mol. The standard InChI is InChI=1S/C16H15NO3/c1-12(11-16(18)14-5-3-2-4-6-14)13-7-9-15(10-8-13)17(19)20/h2-10,12H,11H2,1H3. The minimum Gasteiger partial charge on any atom is -0.294 e. The first-order chi connectivity index (χ1) is 9.58. The number of carbonyl (C=O) groups is 1. The molecule has 0 aliphatic rings. The van der Waals surface area contributed by atoms with E-state index in [1.807, 2.05) is 25.1 Å². The topological polar surface area (TPSA) is 60.2 Å². The average molecular weight is 269 g/mol. The molecule has 0 amide bonds. The van der Waals surface area contributed by atoms with Crippen LogP contribution < -0.4 is 0 Å². The molecule has 0 bridgehead atoms. The number of nitrogens with zero attached hydrogens (tertiary/aromatic N) is 1. The summed E-state index contributed by atoms with van der Waals surface area (Å²) in [6.07, 6.45) is 0.391. The Hall–Kier alpha value is -2.49. The van der Waals surface area contributed by atoms with Crippen molar-refractivity contribution in [3.05, 3.63) is 75.8 Å². The van der Waals surface area contributed by atoms with Crippen molar-refractivity contribution in [3.8, 4) is 0 Å². The molecule has 0 aromatic heterocycles. The van der Waals surface area contributed by atoms with Gasteiger partial charge >= 0.3 is 0 Å². The number of ketones is 1. The molecule has 1 unspecified atom stereocenters. The summed E-state index contributed by atoms with van der Waals surface area (Å²) in [5.74, 6) is 0.111. The van der Waals surface area contributed by atoms with Gasteiger partial charge in [0.2, 0.25) is 0 Å². The molecule has 2 aromatic carbocycles. The van der Waals surface area contributed by atoms with Gasteiger partial charge in [0.05, 0.1) is 4.92 Å². The molecule has 0 aliphatic heterocycles. The van der Waals surface area contributed by atoms with Crippen molar-refractivity contribution < 1.29 is 9.72 Å². The van der Waals surface area contributed by atoms with Crippen LogP contribution in [0.15, 0.2) is 54.6 Å². The molecule has 4 heteroatoms. The van der Waals surface area contributed by atoms with Crippen molar-refractivity contribution in [1.82, 2.24) is 0 Å². The van der Waals surface area contributed by atoms with Gasteiger partial charge in [0, 0.05) is 24.1 Å². The zero-order valence-electron chi connectivity index (χ0n) is 11.2. The number of nitro groups is 1. The predicted octanol–water partition coefficient (Wildman–Crippen LogP) is 3.97. The Labute approximate surface area is 117 Å². The maximum atomic E-state index is 12.1. The third-order valence-corrected chi connectivity index (χ3v) is 3.26. The van der Waals surface area contributed by atoms with Gasteiger partial charge in [-0.2, -0.15) is 0 Å². The number of hydrogen-bond acceptors (Lipinski definition) is 3. The van der Waals surface area contributed by atoms with Crippen LogP contribution >= 0.6 is 0 Å². The maximum absolute atomic E-state index is 12.1. The van der Waals surface area contributed by atoms with E-state index in [-0.39, 0.29) is 17.4 Å². The molecule has 1 atom stereocenters. The van der Waals surface area contributed by atoms with Gasteiger partial charge in [-0.3, -0.25) is 14.9 Å². The fourth-order valence-electron chi connectivity index (χ4n) is 2.06. The summed E-state index contributed by atoms with van der Waals surface area (Å²) >= 11 is 0. The SMILES string of the molecule is CC(CC(=O)c1ccccc1)c1ccc([N+](=O)[O-])cc1. The molecule has 20 heavy (non-hydrogen) atoms. The summed E-state index contributed by atoms with van der Waals surface area (Å²) in [5, 5.41) is 10.6. The Morgan fingerprint density at radius 2 is 1.70 bits per heavy atom. The van der Waals surface area contributed by atoms with E-state index >= 15 is 0 Å². The van der Waals surface area contributed by atoms with E-state index in [4.69, 9.17) is 0 Å². The van der Waals surface area contributed by atoms with E-state index in [1.54, 1.807) is 24.3 Å². The van der Waals surface area contributed by atoms with Crippen molar-refractivity contribution in [2.75, 3.05) is 0 Å². The lowest BCUT2D eigenvalue weighted by Gasteiger charge is -2.10. The number of carbonyl (C=O) groups excluding carboxylic acids is 1. The molecule has 102 valence electrons. The summed E-state index contributed by atoms with van der Waals surface area (Å²) in [7, 11) is 0. The zero-order chi connectivity index (χ0) is 14.5. The lowest BCUT2D eigenvalue weighted by molar-refractivity contribution is -0.384. The normalized spacial score (nSPS) is 11.8. The number of hydrogen-bond donors (Lipinski definition) is 0. The van der Waals surface area contributed by atoms with Gasteiger partial charge in [0.25, 0.3) is 5.69 Å². The third kappa shape index (κ3) is 3.29. The van der Waals surface area contributed by atoms with E-state index in [0.717, 1.165) is 5.56 Å². The molecule has 2 rings (SSSR count). The van der Waals surface area contributed by atoms with E-state index in [2.05, 4.69) is 0 Å². The summed E-state index contributed by atoms with van der Waals surface area (Å²) in [6, 6.07) is 15.5. The van der Waals surface area contributed by atoms with Crippen LogP contribution in [0.25, 0.3) is 0 Å². The highest BCUT2D eigenvalue weighted by molar-refractivity contribution is 5.96. The number of nitro benzene ring substituents is 1. The van der Waals surface area contributed by atoms with Crippen molar-refractivity contribution in [1.29, 1.82) is 0 Å². The maximum Gasteiger partial charge on any atom is 0.269 e. The number of rotatable bonds is 5. The fourth-order valence-corrected chi connectivity index (χ4v) is 2.06. The molecule has 0 radical (unpaired) electrons. The quantitative estimate of drug-likeness (QED) is 0.468. The molecule has 0 saturated carbocycles. The van der Waals surface area contributed by atoms with Gasteiger partial charge in [-0.15, -0.1) is 0 Å². The van der Waals surface area contributed by atoms with E-state index in [1.165, 1.54) is 12.1 Å². The Balaban J connectivity index is 2.06. The Bertz CT molecular complexity index is 605. The second-order valence-corrected chi connectivity index (χ2v) is 4.74. The van der Waals surface area contributed by atoms with Crippen LogP contribution in [0.5, 0.6) is 0 Å². The van der Waals surface area contributed by atoms with Gasteiger partial charge in [-0.05, 0) is 11.5 Å². The van der Waals surface area contributed by atoms with E-state index < -0.39 is 4.92 Å². The van der Waals surface area contributed by atoms with E-state index in [9.17, 15) is 14.9 Å². The van der Waals surface area contributed by atoms with Gasteiger partial charge in [0.15, 0.2) is 5.78 Å². The van der Waals surface area contributed by atoms with Gasteiger partial charge in [-0.1, -0.05) is 49.4 Å². The van der Waals surface area contributed by atoms with E-state index in [0.29, 0.717) is 12.0 Å². The summed E-state index contributed by atoms with van der Waals surface area (Å²) in [5.41, 5.74) is 1.69. The highest BCUT2D eigenvalue weighted by atomic mass is 16.6. The largest absolute Gasteiger partial charge is 0.294 e. The highest BCUT2D eigenvalue weighted by Gasteiger charge is 2.14. The van der Waals surface area contributed by atoms with Gasteiger partial charge < -0.3 is 0 Å². The first-order valence-electron chi connectivity index (χ1n) is 6.40. The van der Waals surface area contributed by atoms with Gasteiger partial charge in [0.1, 0.15) is 0 Å². The summed E-state index contributed by atoms with van der Waals surface area (Å²) < 4.78 is 0. The molecular formula is C16H15NO3. The Morgan fingerprint density at radius 3 is 2.25 bits per heavy atom. The zero-order valence-corrected chi connectivity index (χ0v) is 11.2. The molecule has 4 nitrogen and oxygen atoms in total. The predicted molar refractivity (Wildman–Crippen MR) is 76.9 cm³/mol. The lowest BCUT2D eigenvalue weighted by atomic mass is 9.93. The molecule has 0 saturated heterocycles. The number of Topliss-reactive ketones (excluding diaryl/α,β-unsaturated/α-hetero) is 1.